The number of carboxylic acid groups (broad SMARTS) is 1. The molecule has 1 aromatic rings. The number of nitrogens with one attached hydrogen (secondary N) is 1. The quantitative estimate of drug-likeness (QED) is 0.603. The fourth-order valence-corrected chi connectivity index (χ4v) is 2.51. The molecule has 4 N–H and O–H groups in total. The van der Waals surface area contributed by atoms with Crippen molar-refractivity contribution in [1.29, 1.82) is 0 Å². The van der Waals surface area contributed by atoms with Gasteiger partial charge in [-0.25, -0.2) is 12.8 Å². The van der Waals surface area contributed by atoms with E-state index in [4.69, 9.17) is 10.8 Å². The zero-order chi connectivity index (χ0) is 15.3. The van der Waals surface area contributed by atoms with Crippen LogP contribution in [0.1, 0.15) is 12.8 Å². The molecule has 20 heavy (non-hydrogen) atoms. The van der Waals surface area contributed by atoms with Gasteiger partial charge in [0.15, 0.2) is 0 Å². The third kappa shape index (κ3) is 4.55. The molecule has 0 aliphatic rings. The number of carboxylic acids is 1. The number of amides is 1. The van der Waals surface area contributed by atoms with Gasteiger partial charge in [-0.1, -0.05) is 0 Å². The van der Waals surface area contributed by atoms with Crippen molar-refractivity contribution in [2.75, 3.05) is 0 Å². The van der Waals surface area contributed by atoms with E-state index in [1.165, 1.54) is 0 Å². The summed E-state index contributed by atoms with van der Waals surface area (Å²) in [4.78, 5) is 24.4. The second-order valence-electron chi connectivity index (χ2n) is 3.86. The Balaban J connectivity index is 2.91. The lowest BCUT2D eigenvalue weighted by Gasteiger charge is -2.13. The third-order valence-corrected chi connectivity index (χ3v) is 3.70. The average Bonchev–Trinajstić information content (AvgIpc) is 2.34. The van der Waals surface area contributed by atoms with Crippen LogP contribution in [0.3, 0.4) is 0 Å². The summed E-state index contributed by atoms with van der Waals surface area (Å²) in [6.45, 7) is 0. The van der Waals surface area contributed by atoms with E-state index in [1.54, 1.807) is 0 Å². The normalized spacial score (nSPS) is 12.8. The first kappa shape index (κ1) is 16.0. The molecule has 1 aromatic heterocycles. The number of halogens is 1. The lowest BCUT2D eigenvalue weighted by atomic mass is 10.2. The maximum Gasteiger partial charge on any atom is 0.321 e. The van der Waals surface area contributed by atoms with E-state index in [2.05, 4.69) is 4.98 Å². The molecule has 10 heteroatoms. The second kappa shape index (κ2) is 6.39. The predicted molar refractivity (Wildman–Crippen MR) is 64.4 cm³/mol. The molecule has 0 aliphatic carbocycles. The van der Waals surface area contributed by atoms with Crippen LogP contribution in [0.2, 0.25) is 0 Å². The molecular formula is C10H12FN3O5S. The zero-order valence-corrected chi connectivity index (χ0v) is 10.9. The van der Waals surface area contributed by atoms with Crippen molar-refractivity contribution in [3.63, 3.8) is 0 Å². The fraction of sp³-hybridized carbons (Fsp3) is 0.300. The fourth-order valence-electron chi connectivity index (χ4n) is 1.31. The second-order valence-corrected chi connectivity index (χ2v) is 5.57. The van der Waals surface area contributed by atoms with Crippen LogP contribution in [0.5, 0.6) is 0 Å². The summed E-state index contributed by atoms with van der Waals surface area (Å²) >= 11 is 0. The lowest BCUT2D eigenvalue weighted by Crippen LogP contribution is -2.41. The number of hydrogen-bond donors (Lipinski definition) is 3. The molecule has 110 valence electrons. The summed E-state index contributed by atoms with van der Waals surface area (Å²) in [6, 6.07) is -0.849. The van der Waals surface area contributed by atoms with Gasteiger partial charge in [0.05, 0.1) is 6.20 Å². The molecular weight excluding hydrogens is 293 g/mol. The number of rotatable bonds is 7. The highest BCUT2D eigenvalue weighted by atomic mass is 32.2. The third-order valence-electron chi connectivity index (χ3n) is 2.27. The predicted octanol–water partition coefficient (Wildman–Crippen LogP) is -0.782. The van der Waals surface area contributed by atoms with Gasteiger partial charge in [0.2, 0.25) is 15.9 Å². The summed E-state index contributed by atoms with van der Waals surface area (Å²) in [6.07, 6.45) is 1.06. The van der Waals surface area contributed by atoms with Crippen molar-refractivity contribution in [2.45, 2.75) is 23.8 Å². The van der Waals surface area contributed by atoms with Crippen LogP contribution >= 0.6 is 0 Å². The first-order valence-corrected chi connectivity index (χ1v) is 6.84. The zero-order valence-electron chi connectivity index (χ0n) is 10.1. The number of primary amides is 1. The molecule has 0 spiro atoms. The first-order valence-electron chi connectivity index (χ1n) is 5.36. The number of carbonyl (C=O) groups is 2. The average molecular weight is 305 g/mol. The van der Waals surface area contributed by atoms with Crippen LogP contribution in [0, 0.1) is 5.82 Å². The molecule has 0 radical (unpaired) electrons. The molecule has 0 aromatic carbocycles. The van der Waals surface area contributed by atoms with Crippen molar-refractivity contribution in [1.82, 2.24) is 9.71 Å². The van der Waals surface area contributed by atoms with Crippen LogP contribution in [-0.2, 0) is 19.6 Å². The number of aliphatic carboxylic acids is 1. The Bertz CT molecular complexity index is 619. The van der Waals surface area contributed by atoms with Crippen molar-refractivity contribution in [3.8, 4) is 0 Å². The Kier molecular flexibility index (Phi) is 5.11. The molecule has 1 atom stereocenters. The van der Waals surface area contributed by atoms with Gasteiger partial charge in [0.25, 0.3) is 0 Å². The highest BCUT2D eigenvalue weighted by Gasteiger charge is 2.26. The molecule has 0 saturated heterocycles. The van der Waals surface area contributed by atoms with E-state index < -0.39 is 38.7 Å². The number of pyridine rings is 1. The van der Waals surface area contributed by atoms with E-state index in [9.17, 15) is 22.4 Å². The van der Waals surface area contributed by atoms with Crippen LogP contribution in [0.15, 0.2) is 23.4 Å². The van der Waals surface area contributed by atoms with Crippen molar-refractivity contribution < 1.29 is 27.5 Å². The van der Waals surface area contributed by atoms with Crippen LogP contribution < -0.4 is 10.5 Å². The summed E-state index contributed by atoms with van der Waals surface area (Å²) < 4.78 is 38.5. The van der Waals surface area contributed by atoms with Gasteiger partial charge < -0.3 is 10.8 Å². The Labute approximate surface area is 113 Å². The number of carbonyl (C=O) groups excluding carboxylic acids is 1. The molecule has 0 aliphatic heterocycles. The number of sulfonamides is 1. The minimum atomic E-state index is -4.26. The minimum absolute atomic E-state index is 0.305. The van der Waals surface area contributed by atoms with Gasteiger partial charge in [-0.3, -0.25) is 14.6 Å². The summed E-state index contributed by atoms with van der Waals surface area (Å²) in [5.41, 5.74) is 4.87. The van der Waals surface area contributed by atoms with Crippen LogP contribution in [0.25, 0.3) is 0 Å². The molecule has 0 saturated carbocycles. The summed E-state index contributed by atoms with van der Waals surface area (Å²) in [5.74, 6) is -3.11. The number of aromatic nitrogens is 1. The topological polar surface area (TPSA) is 139 Å². The maximum atomic E-state index is 12.9. The molecule has 1 amide bonds. The van der Waals surface area contributed by atoms with Gasteiger partial charge in [-0.15, -0.1) is 0 Å². The SMILES string of the molecule is NC(=O)CCC(NS(=O)(=O)c1cncc(F)c1)C(=O)O. The molecule has 1 unspecified atom stereocenters. The van der Waals surface area contributed by atoms with Gasteiger partial charge in [-0.05, 0) is 12.5 Å². The van der Waals surface area contributed by atoms with Gasteiger partial charge in [-0.2, -0.15) is 4.72 Å². The first-order chi connectivity index (χ1) is 9.22. The highest BCUT2D eigenvalue weighted by Crippen LogP contribution is 2.10. The molecule has 1 heterocycles. The lowest BCUT2D eigenvalue weighted by molar-refractivity contribution is -0.139. The monoisotopic (exact) mass is 305 g/mol. The smallest absolute Gasteiger partial charge is 0.321 e. The molecule has 8 nitrogen and oxygen atoms in total. The molecule has 0 fully saturated rings. The maximum absolute atomic E-state index is 12.9. The summed E-state index contributed by atoms with van der Waals surface area (Å²) in [7, 11) is -4.26. The Morgan fingerprint density at radius 3 is 2.60 bits per heavy atom. The summed E-state index contributed by atoms with van der Waals surface area (Å²) in [5, 5.41) is 8.88. The number of nitrogens with two attached hydrogens (primary N) is 1. The molecule has 0 bridgehead atoms. The van der Waals surface area contributed by atoms with Crippen LogP contribution in [0.4, 0.5) is 4.39 Å². The van der Waals surface area contributed by atoms with Gasteiger partial charge in [0, 0.05) is 12.6 Å². The minimum Gasteiger partial charge on any atom is -0.480 e. The van der Waals surface area contributed by atoms with Crippen molar-refractivity contribution in [3.05, 3.63) is 24.3 Å². The number of nitrogens with zero attached hydrogens (tertiary/aromatic N) is 1. The van der Waals surface area contributed by atoms with E-state index >= 15 is 0 Å². The van der Waals surface area contributed by atoms with Gasteiger partial charge in [0.1, 0.15) is 16.8 Å². The van der Waals surface area contributed by atoms with Crippen LogP contribution in [-0.4, -0.2) is 36.4 Å². The Hall–Kier alpha value is -2.07. The van der Waals surface area contributed by atoms with Gasteiger partial charge >= 0.3 is 5.97 Å². The highest BCUT2D eigenvalue weighted by molar-refractivity contribution is 7.89. The largest absolute Gasteiger partial charge is 0.480 e. The van der Waals surface area contributed by atoms with E-state index in [1.807, 2.05) is 4.72 Å². The standard InChI is InChI=1S/C10H12FN3O5S/c11-6-3-7(5-13-4-6)20(18,19)14-8(10(16)17)1-2-9(12)15/h3-5,8,14H,1-2H2,(H2,12,15)(H,16,17). The Morgan fingerprint density at radius 2 is 2.10 bits per heavy atom. The van der Waals surface area contributed by atoms with E-state index in [0.717, 1.165) is 12.4 Å². The molecule has 1 rings (SSSR count). The van der Waals surface area contributed by atoms with E-state index in [-0.39, 0.29) is 12.8 Å². The Morgan fingerprint density at radius 1 is 1.45 bits per heavy atom. The van der Waals surface area contributed by atoms with Crippen molar-refractivity contribution >= 4 is 21.9 Å². The number of hydrogen-bond acceptors (Lipinski definition) is 5. The van der Waals surface area contributed by atoms with Crippen molar-refractivity contribution in [2.24, 2.45) is 5.73 Å². The van der Waals surface area contributed by atoms with E-state index in [0.29, 0.717) is 6.07 Å².